The van der Waals surface area contributed by atoms with Crippen LogP contribution in [0.5, 0.6) is 5.75 Å². The molecule has 0 spiro atoms. The second kappa shape index (κ2) is 5.50. The highest BCUT2D eigenvalue weighted by molar-refractivity contribution is 7.09. The minimum atomic E-state index is -0.890. The molecule has 1 aromatic carbocycles. The average molecular weight is 302 g/mol. The zero-order chi connectivity index (χ0) is 14.9. The van der Waals surface area contributed by atoms with E-state index in [1.54, 1.807) is 11.3 Å². The summed E-state index contributed by atoms with van der Waals surface area (Å²) in [6.07, 6.45) is 0. The van der Waals surface area contributed by atoms with Gasteiger partial charge in [-0.25, -0.2) is 0 Å². The topological polar surface area (TPSA) is 64.3 Å². The summed E-state index contributed by atoms with van der Waals surface area (Å²) < 4.78 is 5.73. The number of benzene rings is 1. The average Bonchev–Trinajstić information content (AvgIpc) is 2.99. The van der Waals surface area contributed by atoms with Gasteiger partial charge in [-0.1, -0.05) is 31.2 Å². The van der Waals surface area contributed by atoms with E-state index in [1.807, 2.05) is 48.7 Å². The van der Waals surface area contributed by atoms with Crippen molar-refractivity contribution in [3.8, 4) is 5.75 Å². The lowest BCUT2D eigenvalue weighted by Crippen LogP contribution is -2.59. The molecule has 1 aliphatic rings. The van der Waals surface area contributed by atoms with Gasteiger partial charge in [0, 0.05) is 22.9 Å². The number of fused-ring (bicyclic) bond motifs is 1. The Kier molecular flexibility index (Phi) is 3.69. The minimum absolute atomic E-state index is 0.0372. The number of nitrogens with two attached hydrogens (primary N) is 1. The van der Waals surface area contributed by atoms with E-state index < -0.39 is 5.54 Å². The first-order valence-corrected chi connectivity index (χ1v) is 7.82. The van der Waals surface area contributed by atoms with E-state index in [9.17, 15) is 4.79 Å². The molecule has 0 aliphatic carbocycles. The van der Waals surface area contributed by atoms with E-state index in [-0.39, 0.29) is 11.8 Å². The molecule has 5 heteroatoms. The molecule has 4 nitrogen and oxygen atoms in total. The first-order chi connectivity index (χ1) is 10.1. The lowest BCUT2D eigenvalue weighted by atomic mass is 9.76. The Hall–Kier alpha value is -1.85. The van der Waals surface area contributed by atoms with Crippen molar-refractivity contribution >= 4 is 17.2 Å². The van der Waals surface area contributed by atoms with E-state index in [0.29, 0.717) is 13.2 Å². The molecular formula is C16H18N2O2S. The molecule has 0 bridgehead atoms. The number of nitrogens with one attached hydrogen (secondary N) is 1. The first-order valence-electron chi connectivity index (χ1n) is 6.94. The molecule has 3 N–H and O–H groups in total. The van der Waals surface area contributed by atoms with Crippen molar-refractivity contribution in [2.45, 2.75) is 19.0 Å². The van der Waals surface area contributed by atoms with E-state index in [2.05, 4.69) is 5.32 Å². The maximum Gasteiger partial charge on any atom is 0.242 e. The highest BCUT2D eigenvalue weighted by Crippen LogP contribution is 2.40. The molecule has 0 radical (unpaired) electrons. The molecule has 2 heterocycles. The third-order valence-corrected chi connectivity index (χ3v) is 4.93. The number of para-hydroxylation sites is 1. The van der Waals surface area contributed by atoms with Gasteiger partial charge in [0.15, 0.2) is 0 Å². The van der Waals surface area contributed by atoms with Crippen LogP contribution in [0.25, 0.3) is 0 Å². The number of carbonyl (C=O) groups excluding carboxylic acids is 1. The Morgan fingerprint density at radius 2 is 2.24 bits per heavy atom. The van der Waals surface area contributed by atoms with Gasteiger partial charge in [0.05, 0.1) is 6.61 Å². The van der Waals surface area contributed by atoms with E-state index in [0.717, 1.165) is 11.3 Å². The van der Waals surface area contributed by atoms with Gasteiger partial charge in [-0.05, 0) is 17.5 Å². The summed E-state index contributed by atoms with van der Waals surface area (Å²) in [5.74, 6) is 0.334. The molecule has 3 rings (SSSR count). The van der Waals surface area contributed by atoms with Crippen molar-refractivity contribution in [2.75, 3.05) is 6.61 Å². The third-order valence-electron chi connectivity index (χ3n) is 4.05. The van der Waals surface area contributed by atoms with E-state index in [1.165, 1.54) is 4.88 Å². The maximum absolute atomic E-state index is 12.3. The van der Waals surface area contributed by atoms with Crippen molar-refractivity contribution in [1.29, 1.82) is 0 Å². The lowest BCUT2D eigenvalue weighted by molar-refractivity contribution is -0.128. The molecule has 2 aromatic rings. The number of carbonyl (C=O) groups is 1. The van der Waals surface area contributed by atoms with Crippen LogP contribution in [0.2, 0.25) is 0 Å². The summed E-state index contributed by atoms with van der Waals surface area (Å²) in [4.78, 5) is 13.5. The number of thiophene rings is 1. The summed E-state index contributed by atoms with van der Waals surface area (Å²) in [6.45, 7) is 3.07. The van der Waals surface area contributed by atoms with Crippen LogP contribution in [-0.2, 0) is 16.9 Å². The number of ether oxygens (including phenoxy) is 1. The van der Waals surface area contributed by atoms with E-state index in [4.69, 9.17) is 10.5 Å². The fourth-order valence-electron chi connectivity index (χ4n) is 2.90. The predicted molar refractivity (Wildman–Crippen MR) is 83.1 cm³/mol. The van der Waals surface area contributed by atoms with Gasteiger partial charge in [0.2, 0.25) is 5.91 Å². The van der Waals surface area contributed by atoms with Gasteiger partial charge in [-0.15, -0.1) is 11.3 Å². The SMILES string of the molecule is CC1COc2ccccc2C1(NCc1cccs1)C(N)=O. The summed E-state index contributed by atoms with van der Waals surface area (Å²) in [5.41, 5.74) is 5.73. The van der Waals surface area contributed by atoms with Crippen molar-refractivity contribution in [3.63, 3.8) is 0 Å². The van der Waals surface area contributed by atoms with Crippen molar-refractivity contribution in [2.24, 2.45) is 11.7 Å². The number of rotatable bonds is 4. The van der Waals surface area contributed by atoms with Gasteiger partial charge in [0.25, 0.3) is 0 Å². The highest BCUT2D eigenvalue weighted by atomic mass is 32.1. The molecular weight excluding hydrogens is 284 g/mol. The fraction of sp³-hybridized carbons (Fsp3) is 0.312. The first kappa shape index (κ1) is 14.1. The second-order valence-corrected chi connectivity index (χ2v) is 6.35. The molecule has 0 fully saturated rings. The molecule has 21 heavy (non-hydrogen) atoms. The molecule has 0 saturated carbocycles. The summed E-state index contributed by atoms with van der Waals surface area (Å²) in [7, 11) is 0. The van der Waals surface area contributed by atoms with Crippen LogP contribution in [0, 0.1) is 5.92 Å². The van der Waals surface area contributed by atoms with Gasteiger partial charge in [-0.2, -0.15) is 0 Å². The van der Waals surface area contributed by atoms with Crippen molar-refractivity contribution < 1.29 is 9.53 Å². The number of hydrogen-bond donors (Lipinski definition) is 2. The van der Waals surface area contributed by atoms with Crippen LogP contribution in [0.1, 0.15) is 17.4 Å². The normalized spacial score (nSPS) is 24.1. The molecule has 0 saturated heterocycles. The zero-order valence-electron chi connectivity index (χ0n) is 11.8. The Balaban J connectivity index is 2.01. The largest absolute Gasteiger partial charge is 0.493 e. The van der Waals surface area contributed by atoms with E-state index >= 15 is 0 Å². The zero-order valence-corrected chi connectivity index (χ0v) is 12.7. The third kappa shape index (κ3) is 2.32. The Labute approximate surface area is 127 Å². The fourth-order valence-corrected chi connectivity index (χ4v) is 3.54. The molecule has 2 unspecified atom stereocenters. The van der Waals surface area contributed by atoms with Gasteiger partial charge < -0.3 is 10.5 Å². The lowest BCUT2D eigenvalue weighted by Gasteiger charge is -2.41. The van der Waals surface area contributed by atoms with Crippen LogP contribution in [0.4, 0.5) is 0 Å². The minimum Gasteiger partial charge on any atom is -0.493 e. The monoisotopic (exact) mass is 302 g/mol. The Bertz CT molecular complexity index is 641. The van der Waals surface area contributed by atoms with Crippen molar-refractivity contribution in [1.82, 2.24) is 5.32 Å². The standard InChI is InChI=1S/C16H18N2O2S/c1-11-10-20-14-7-3-2-6-13(14)16(11,15(17)19)18-9-12-5-4-8-21-12/h2-8,11,18H,9-10H2,1H3,(H2,17,19). The van der Waals surface area contributed by atoms with Crippen LogP contribution in [-0.4, -0.2) is 12.5 Å². The number of primary amides is 1. The number of amides is 1. The summed E-state index contributed by atoms with van der Waals surface area (Å²) in [5, 5.41) is 5.42. The van der Waals surface area contributed by atoms with Crippen molar-refractivity contribution in [3.05, 3.63) is 52.2 Å². The quantitative estimate of drug-likeness (QED) is 0.910. The van der Waals surface area contributed by atoms with Crippen LogP contribution in [0.3, 0.4) is 0 Å². The Morgan fingerprint density at radius 3 is 2.95 bits per heavy atom. The summed E-state index contributed by atoms with van der Waals surface area (Å²) in [6, 6.07) is 11.6. The summed E-state index contributed by atoms with van der Waals surface area (Å²) >= 11 is 1.66. The van der Waals surface area contributed by atoms with Crippen LogP contribution >= 0.6 is 11.3 Å². The molecule has 110 valence electrons. The molecule has 1 aromatic heterocycles. The van der Waals surface area contributed by atoms with Gasteiger partial charge in [0.1, 0.15) is 11.3 Å². The maximum atomic E-state index is 12.3. The number of hydrogen-bond acceptors (Lipinski definition) is 4. The van der Waals surface area contributed by atoms with Gasteiger partial charge >= 0.3 is 0 Å². The highest BCUT2D eigenvalue weighted by Gasteiger charge is 2.48. The Morgan fingerprint density at radius 1 is 1.43 bits per heavy atom. The molecule has 1 aliphatic heterocycles. The van der Waals surface area contributed by atoms with Crippen LogP contribution in [0.15, 0.2) is 41.8 Å². The molecule has 1 amide bonds. The smallest absolute Gasteiger partial charge is 0.242 e. The molecule has 2 atom stereocenters. The van der Waals surface area contributed by atoms with Gasteiger partial charge in [-0.3, -0.25) is 10.1 Å². The second-order valence-electron chi connectivity index (χ2n) is 5.31. The predicted octanol–water partition coefficient (Wildman–Crippen LogP) is 2.25. The van der Waals surface area contributed by atoms with Crippen LogP contribution < -0.4 is 15.8 Å².